The number of pyridine rings is 1. The van der Waals surface area contributed by atoms with Gasteiger partial charge in [0.15, 0.2) is 0 Å². The molecule has 34 heavy (non-hydrogen) atoms. The molecule has 1 aromatic heterocycles. The molecule has 4 rings (SSSR count). The van der Waals surface area contributed by atoms with Gasteiger partial charge in [0, 0.05) is 17.4 Å². The third-order valence-corrected chi connectivity index (χ3v) is 5.24. The standard InChI is InChI=1S/C29H25N3O2/c33-28(31-26-16-9-10-22(20-26)17-18-25-15-7-8-19-30-25)21-27(23-11-3-1-4-12-23)32-29(34)24-13-5-2-6-14-24/h1-20,27H,21H2,(H,31,33)(H,32,34)/b18-17-/t27-/m0/s1. The molecule has 0 unspecified atom stereocenters. The van der Waals surface area contributed by atoms with E-state index in [-0.39, 0.29) is 18.2 Å². The number of carbonyl (C=O) groups is 2. The first-order chi connectivity index (χ1) is 16.7. The van der Waals surface area contributed by atoms with Crippen molar-refractivity contribution in [2.24, 2.45) is 0 Å². The van der Waals surface area contributed by atoms with Crippen LogP contribution in [0.1, 0.15) is 39.6 Å². The van der Waals surface area contributed by atoms with Gasteiger partial charge in [0.1, 0.15) is 0 Å². The summed E-state index contributed by atoms with van der Waals surface area (Å²) in [6, 6.07) is 31.4. The fourth-order valence-electron chi connectivity index (χ4n) is 3.54. The maximum atomic E-state index is 12.9. The molecule has 0 aliphatic rings. The van der Waals surface area contributed by atoms with Crippen LogP contribution in [0.5, 0.6) is 0 Å². The van der Waals surface area contributed by atoms with E-state index in [1.54, 1.807) is 18.3 Å². The number of nitrogens with one attached hydrogen (secondary N) is 2. The highest BCUT2D eigenvalue weighted by atomic mass is 16.2. The van der Waals surface area contributed by atoms with Crippen molar-refractivity contribution in [2.75, 3.05) is 5.32 Å². The van der Waals surface area contributed by atoms with Crippen molar-refractivity contribution in [3.63, 3.8) is 0 Å². The Balaban J connectivity index is 1.44. The summed E-state index contributed by atoms with van der Waals surface area (Å²) < 4.78 is 0. The molecule has 3 aromatic carbocycles. The Kier molecular flexibility index (Phi) is 7.59. The minimum absolute atomic E-state index is 0.108. The van der Waals surface area contributed by atoms with E-state index < -0.39 is 6.04 Å². The average Bonchev–Trinajstić information content (AvgIpc) is 2.89. The highest BCUT2D eigenvalue weighted by Crippen LogP contribution is 2.20. The largest absolute Gasteiger partial charge is 0.345 e. The summed E-state index contributed by atoms with van der Waals surface area (Å²) in [7, 11) is 0. The topological polar surface area (TPSA) is 71.1 Å². The molecule has 0 saturated heterocycles. The zero-order valence-corrected chi connectivity index (χ0v) is 18.6. The molecule has 0 saturated carbocycles. The molecule has 0 aliphatic heterocycles. The van der Waals surface area contributed by atoms with Gasteiger partial charge in [-0.15, -0.1) is 0 Å². The maximum absolute atomic E-state index is 12.9. The normalized spacial score (nSPS) is 11.6. The van der Waals surface area contributed by atoms with Crippen molar-refractivity contribution in [2.45, 2.75) is 12.5 Å². The molecule has 0 radical (unpaired) electrons. The van der Waals surface area contributed by atoms with Gasteiger partial charge in [-0.25, -0.2) is 0 Å². The van der Waals surface area contributed by atoms with Crippen molar-refractivity contribution in [1.29, 1.82) is 0 Å². The molecule has 0 spiro atoms. The molecule has 5 nitrogen and oxygen atoms in total. The van der Waals surface area contributed by atoms with Crippen LogP contribution >= 0.6 is 0 Å². The zero-order chi connectivity index (χ0) is 23.6. The van der Waals surface area contributed by atoms with Gasteiger partial charge in [0.05, 0.1) is 18.2 Å². The first-order valence-corrected chi connectivity index (χ1v) is 11.1. The highest BCUT2D eigenvalue weighted by molar-refractivity contribution is 5.96. The third-order valence-electron chi connectivity index (χ3n) is 5.24. The number of anilines is 1. The summed E-state index contributed by atoms with van der Waals surface area (Å²) in [6.45, 7) is 0. The summed E-state index contributed by atoms with van der Waals surface area (Å²) in [5.41, 5.74) is 3.91. The lowest BCUT2D eigenvalue weighted by Gasteiger charge is -2.19. The van der Waals surface area contributed by atoms with Crippen LogP contribution in [0.2, 0.25) is 0 Å². The van der Waals surface area contributed by atoms with E-state index in [1.807, 2.05) is 103 Å². The van der Waals surface area contributed by atoms with Gasteiger partial charge in [-0.3, -0.25) is 14.6 Å². The molecule has 168 valence electrons. The van der Waals surface area contributed by atoms with Crippen LogP contribution in [0, 0.1) is 0 Å². The summed E-state index contributed by atoms with van der Waals surface area (Å²) in [6.07, 6.45) is 5.73. The van der Waals surface area contributed by atoms with E-state index in [0.29, 0.717) is 11.3 Å². The van der Waals surface area contributed by atoms with Crippen LogP contribution in [-0.2, 0) is 4.79 Å². The van der Waals surface area contributed by atoms with E-state index in [4.69, 9.17) is 0 Å². The van der Waals surface area contributed by atoms with E-state index in [9.17, 15) is 9.59 Å². The number of hydrogen-bond acceptors (Lipinski definition) is 3. The monoisotopic (exact) mass is 447 g/mol. The lowest BCUT2D eigenvalue weighted by molar-refractivity contribution is -0.116. The van der Waals surface area contributed by atoms with Gasteiger partial charge < -0.3 is 10.6 Å². The summed E-state index contributed by atoms with van der Waals surface area (Å²) in [5.74, 6) is -0.406. The number of hydrogen-bond donors (Lipinski definition) is 2. The van der Waals surface area contributed by atoms with E-state index in [2.05, 4.69) is 15.6 Å². The van der Waals surface area contributed by atoms with Crippen LogP contribution in [-0.4, -0.2) is 16.8 Å². The number of amides is 2. The third kappa shape index (κ3) is 6.50. The Morgan fingerprint density at radius 2 is 1.53 bits per heavy atom. The molecule has 2 N–H and O–H groups in total. The fourth-order valence-corrected chi connectivity index (χ4v) is 3.54. The van der Waals surface area contributed by atoms with Crippen LogP contribution in [0.25, 0.3) is 12.2 Å². The molecule has 0 aliphatic carbocycles. The predicted octanol–water partition coefficient (Wildman–Crippen LogP) is 5.75. The zero-order valence-electron chi connectivity index (χ0n) is 18.6. The predicted molar refractivity (Wildman–Crippen MR) is 136 cm³/mol. The first-order valence-electron chi connectivity index (χ1n) is 11.1. The van der Waals surface area contributed by atoms with Crippen LogP contribution in [0.15, 0.2) is 109 Å². The highest BCUT2D eigenvalue weighted by Gasteiger charge is 2.19. The lowest BCUT2D eigenvalue weighted by Crippen LogP contribution is -2.31. The molecule has 1 heterocycles. The van der Waals surface area contributed by atoms with Crippen molar-refractivity contribution in [3.8, 4) is 0 Å². The van der Waals surface area contributed by atoms with Crippen LogP contribution < -0.4 is 10.6 Å². The number of carbonyl (C=O) groups excluding carboxylic acids is 2. The molecular formula is C29H25N3O2. The van der Waals surface area contributed by atoms with Crippen molar-refractivity contribution >= 4 is 29.7 Å². The van der Waals surface area contributed by atoms with Gasteiger partial charge in [-0.05, 0) is 53.6 Å². The SMILES string of the molecule is O=C(C[C@H](NC(=O)c1ccccc1)c1ccccc1)Nc1cccc(/C=C\c2ccccn2)c1. The second kappa shape index (κ2) is 11.4. The summed E-state index contributed by atoms with van der Waals surface area (Å²) in [5, 5.41) is 5.95. The molecule has 0 bridgehead atoms. The van der Waals surface area contributed by atoms with Gasteiger partial charge in [0.2, 0.25) is 5.91 Å². The van der Waals surface area contributed by atoms with E-state index >= 15 is 0 Å². The van der Waals surface area contributed by atoms with Gasteiger partial charge >= 0.3 is 0 Å². The maximum Gasteiger partial charge on any atom is 0.251 e. The quantitative estimate of drug-likeness (QED) is 0.361. The Morgan fingerprint density at radius 3 is 2.26 bits per heavy atom. The fraction of sp³-hybridized carbons (Fsp3) is 0.0690. The minimum Gasteiger partial charge on any atom is -0.345 e. The second-order valence-corrected chi connectivity index (χ2v) is 7.77. The average molecular weight is 448 g/mol. The summed E-state index contributed by atoms with van der Waals surface area (Å²) >= 11 is 0. The van der Waals surface area contributed by atoms with Crippen LogP contribution in [0.4, 0.5) is 5.69 Å². The Labute approximate surface area is 199 Å². The smallest absolute Gasteiger partial charge is 0.251 e. The molecule has 4 aromatic rings. The van der Waals surface area contributed by atoms with Crippen molar-refractivity contribution < 1.29 is 9.59 Å². The van der Waals surface area contributed by atoms with Gasteiger partial charge in [0.25, 0.3) is 5.91 Å². The minimum atomic E-state index is -0.457. The first kappa shape index (κ1) is 22.7. The van der Waals surface area contributed by atoms with Crippen LogP contribution in [0.3, 0.4) is 0 Å². The Morgan fingerprint density at radius 1 is 0.794 bits per heavy atom. The van der Waals surface area contributed by atoms with E-state index in [0.717, 1.165) is 16.8 Å². The molecule has 1 atom stereocenters. The summed E-state index contributed by atoms with van der Waals surface area (Å²) in [4.78, 5) is 29.9. The number of rotatable bonds is 8. The second-order valence-electron chi connectivity index (χ2n) is 7.77. The van der Waals surface area contributed by atoms with Crippen molar-refractivity contribution in [3.05, 3.63) is 132 Å². The number of benzene rings is 3. The number of aromatic nitrogens is 1. The Hall–Kier alpha value is -4.51. The molecule has 2 amide bonds. The van der Waals surface area contributed by atoms with Crippen molar-refractivity contribution in [1.82, 2.24) is 10.3 Å². The number of nitrogens with zero attached hydrogens (tertiary/aromatic N) is 1. The molecular weight excluding hydrogens is 422 g/mol. The molecule has 0 fully saturated rings. The Bertz CT molecular complexity index is 1260. The van der Waals surface area contributed by atoms with Gasteiger partial charge in [-0.1, -0.05) is 72.8 Å². The van der Waals surface area contributed by atoms with E-state index in [1.165, 1.54) is 0 Å². The molecule has 5 heteroatoms. The van der Waals surface area contributed by atoms with Gasteiger partial charge in [-0.2, -0.15) is 0 Å². The lowest BCUT2D eigenvalue weighted by atomic mass is 10.0.